The number of nitrogens with zero attached hydrogens (tertiary/aromatic N) is 1. The Labute approximate surface area is 105 Å². The molecule has 17 heavy (non-hydrogen) atoms. The molecule has 0 aromatic heterocycles. The quantitative estimate of drug-likeness (QED) is 0.694. The van der Waals surface area contributed by atoms with Gasteiger partial charge in [-0.1, -0.05) is 6.92 Å². The molecule has 0 aliphatic carbocycles. The highest BCUT2D eigenvalue weighted by Gasteiger charge is 2.18. The van der Waals surface area contributed by atoms with Gasteiger partial charge in [-0.15, -0.1) is 0 Å². The van der Waals surface area contributed by atoms with Crippen LogP contribution in [0.1, 0.15) is 33.1 Å². The lowest BCUT2D eigenvalue weighted by Crippen LogP contribution is -2.43. The number of carbonyl (C=O) groups excluding carboxylic acids is 1. The molecule has 2 N–H and O–H groups in total. The summed E-state index contributed by atoms with van der Waals surface area (Å²) >= 11 is 0. The van der Waals surface area contributed by atoms with Crippen molar-refractivity contribution in [1.82, 2.24) is 15.5 Å². The zero-order valence-electron chi connectivity index (χ0n) is 11.3. The smallest absolute Gasteiger partial charge is 0.234 e. The minimum Gasteiger partial charge on any atom is -0.355 e. The Balaban J connectivity index is 2.32. The highest BCUT2D eigenvalue weighted by molar-refractivity contribution is 5.77. The van der Waals surface area contributed by atoms with Crippen LogP contribution in [0.3, 0.4) is 0 Å². The van der Waals surface area contributed by atoms with Crippen molar-refractivity contribution in [2.45, 2.75) is 33.1 Å². The molecule has 1 saturated heterocycles. The Hall–Kier alpha value is -0.610. The molecule has 1 heterocycles. The predicted molar refractivity (Wildman–Crippen MR) is 71.0 cm³/mol. The molecule has 1 amide bonds. The molecule has 1 aliphatic heterocycles. The van der Waals surface area contributed by atoms with Gasteiger partial charge in [-0.2, -0.15) is 0 Å². The van der Waals surface area contributed by atoms with Gasteiger partial charge >= 0.3 is 0 Å². The number of amides is 1. The maximum absolute atomic E-state index is 11.6. The fourth-order valence-electron chi connectivity index (χ4n) is 2.45. The number of rotatable bonds is 7. The Bertz CT molecular complexity index is 215. The van der Waals surface area contributed by atoms with Gasteiger partial charge in [-0.05, 0) is 51.7 Å². The SMILES string of the molecule is CCCN(CC(=O)NCC)CC1CCCNC1. The molecule has 0 spiro atoms. The Kier molecular flexibility index (Phi) is 7.21. The Morgan fingerprint density at radius 1 is 1.47 bits per heavy atom. The highest BCUT2D eigenvalue weighted by Crippen LogP contribution is 2.11. The van der Waals surface area contributed by atoms with Gasteiger partial charge in [0.2, 0.25) is 5.91 Å². The van der Waals surface area contributed by atoms with Crippen LogP contribution in [0.5, 0.6) is 0 Å². The molecule has 1 atom stereocenters. The van der Waals surface area contributed by atoms with Crippen molar-refractivity contribution in [3.05, 3.63) is 0 Å². The van der Waals surface area contributed by atoms with Crippen molar-refractivity contribution >= 4 is 5.91 Å². The summed E-state index contributed by atoms with van der Waals surface area (Å²) < 4.78 is 0. The maximum Gasteiger partial charge on any atom is 0.234 e. The summed E-state index contributed by atoms with van der Waals surface area (Å²) in [4.78, 5) is 13.9. The van der Waals surface area contributed by atoms with Gasteiger partial charge in [0.15, 0.2) is 0 Å². The van der Waals surface area contributed by atoms with Gasteiger partial charge in [0.05, 0.1) is 6.54 Å². The standard InChI is InChI=1S/C13H27N3O/c1-3-8-16(11-13(17)15-4-2)10-12-6-5-7-14-9-12/h12,14H,3-11H2,1-2H3,(H,15,17). The second kappa shape index (κ2) is 8.48. The summed E-state index contributed by atoms with van der Waals surface area (Å²) in [6.07, 6.45) is 3.67. The van der Waals surface area contributed by atoms with Crippen LogP contribution in [0.15, 0.2) is 0 Å². The lowest BCUT2D eigenvalue weighted by atomic mass is 9.99. The summed E-state index contributed by atoms with van der Waals surface area (Å²) in [5.74, 6) is 0.870. The molecule has 0 bridgehead atoms. The number of nitrogens with one attached hydrogen (secondary N) is 2. The van der Waals surface area contributed by atoms with Crippen molar-refractivity contribution < 1.29 is 4.79 Å². The minimum absolute atomic E-state index is 0.157. The summed E-state index contributed by atoms with van der Waals surface area (Å²) in [5, 5.41) is 6.31. The first-order chi connectivity index (χ1) is 8.26. The van der Waals surface area contributed by atoms with E-state index in [9.17, 15) is 4.79 Å². The van der Waals surface area contributed by atoms with E-state index < -0.39 is 0 Å². The van der Waals surface area contributed by atoms with Gasteiger partial charge in [-0.3, -0.25) is 9.69 Å². The van der Waals surface area contributed by atoms with E-state index in [0.717, 1.165) is 39.1 Å². The van der Waals surface area contributed by atoms with Crippen molar-refractivity contribution in [2.75, 3.05) is 39.3 Å². The molecule has 1 fully saturated rings. The second-order valence-corrected chi connectivity index (χ2v) is 4.90. The number of carbonyl (C=O) groups is 1. The average Bonchev–Trinajstić information content (AvgIpc) is 2.31. The summed E-state index contributed by atoms with van der Waals surface area (Å²) in [6, 6.07) is 0. The normalized spacial score (nSPS) is 20.5. The molecule has 0 aromatic carbocycles. The van der Waals surface area contributed by atoms with Crippen LogP contribution in [0.25, 0.3) is 0 Å². The van der Waals surface area contributed by atoms with Crippen LogP contribution in [-0.4, -0.2) is 50.1 Å². The summed E-state index contributed by atoms with van der Waals surface area (Å²) in [7, 11) is 0. The van der Waals surface area contributed by atoms with Crippen molar-refractivity contribution in [1.29, 1.82) is 0 Å². The van der Waals surface area contributed by atoms with Crippen molar-refractivity contribution in [3.8, 4) is 0 Å². The van der Waals surface area contributed by atoms with Crippen molar-refractivity contribution in [3.63, 3.8) is 0 Å². The van der Waals surface area contributed by atoms with E-state index in [1.807, 2.05) is 6.92 Å². The van der Waals surface area contributed by atoms with Crippen molar-refractivity contribution in [2.24, 2.45) is 5.92 Å². The molecule has 100 valence electrons. The number of piperidine rings is 1. The van der Waals surface area contributed by atoms with Crippen LogP contribution in [-0.2, 0) is 4.79 Å². The number of hydrogen-bond acceptors (Lipinski definition) is 3. The number of hydrogen-bond donors (Lipinski definition) is 2. The first-order valence-corrected chi connectivity index (χ1v) is 6.96. The predicted octanol–water partition coefficient (Wildman–Crippen LogP) is 0.834. The molecule has 4 heteroatoms. The molecule has 1 rings (SSSR count). The molecular weight excluding hydrogens is 214 g/mol. The van der Waals surface area contributed by atoms with Gasteiger partial charge in [0.1, 0.15) is 0 Å². The Morgan fingerprint density at radius 2 is 2.29 bits per heavy atom. The lowest BCUT2D eigenvalue weighted by molar-refractivity contribution is -0.122. The third kappa shape index (κ3) is 6.03. The van der Waals surface area contributed by atoms with Crippen LogP contribution < -0.4 is 10.6 Å². The largest absolute Gasteiger partial charge is 0.355 e. The maximum atomic E-state index is 11.6. The molecule has 0 aromatic rings. The van der Waals surface area contributed by atoms with E-state index in [0.29, 0.717) is 12.5 Å². The van der Waals surface area contributed by atoms with E-state index >= 15 is 0 Å². The van der Waals surface area contributed by atoms with Crippen LogP contribution in [0.2, 0.25) is 0 Å². The monoisotopic (exact) mass is 241 g/mol. The van der Waals surface area contributed by atoms with Crippen LogP contribution >= 0.6 is 0 Å². The summed E-state index contributed by atoms with van der Waals surface area (Å²) in [5.41, 5.74) is 0. The lowest BCUT2D eigenvalue weighted by Gasteiger charge is -2.29. The van der Waals surface area contributed by atoms with Gasteiger partial charge in [0.25, 0.3) is 0 Å². The third-order valence-corrected chi connectivity index (χ3v) is 3.20. The highest BCUT2D eigenvalue weighted by atomic mass is 16.2. The minimum atomic E-state index is 0.157. The molecule has 1 unspecified atom stereocenters. The van der Waals surface area contributed by atoms with E-state index in [1.54, 1.807) is 0 Å². The van der Waals surface area contributed by atoms with Gasteiger partial charge in [0, 0.05) is 13.1 Å². The summed E-state index contributed by atoms with van der Waals surface area (Å²) in [6.45, 7) is 9.75. The molecule has 0 saturated carbocycles. The third-order valence-electron chi connectivity index (χ3n) is 3.20. The molecule has 1 aliphatic rings. The fraction of sp³-hybridized carbons (Fsp3) is 0.923. The zero-order valence-corrected chi connectivity index (χ0v) is 11.3. The van der Waals surface area contributed by atoms with E-state index in [1.165, 1.54) is 12.8 Å². The van der Waals surface area contributed by atoms with Gasteiger partial charge < -0.3 is 10.6 Å². The first kappa shape index (κ1) is 14.5. The van der Waals surface area contributed by atoms with E-state index in [-0.39, 0.29) is 5.91 Å². The fourth-order valence-corrected chi connectivity index (χ4v) is 2.45. The second-order valence-electron chi connectivity index (χ2n) is 4.90. The van der Waals surface area contributed by atoms with Crippen LogP contribution in [0, 0.1) is 5.92 Å². The van der Waals surface area contributed by atoms with E-state index in [4.69, 9.17) is 0 Å². The topological polar surface area (TPSA) is 44.4 Å². The van der Waals surface area contributed by atoms with E-state index in [2.05, 4.69) is 22.5 Å². The average molecular weight is 241 g/mol. The first-order valence-electron chi connectivity index (χ1n) is 6.96. The molecular formula is C13H27N3O. The van der Waals surface area contributed by atoms with Crippen LogP contribution in [0.4, 0.5) is 0 Å². The molecule has 0 radical (unpaired) electrons. The zero-order chi connectivity index (χ0) is 12.5. The van der Waals surface area contributed by atoms with Gasteiger partial charge in [-0.25, -0.2) is 0 Å². The Morgan fingerprint density at radius 3 is 2.88 bits per heavy atom. The number of likely N-dealkylation sites (N-methyl/N-ethyl adjacent to an activating group) is 1. The molecule has 4 nitrogen and oxygen atoms in total.